The molecule has 0 fully saturated rings. The van der Waals surface area contributed by atoms with Gasteiger partial charge in [-0.25, -0.2) is 22.0 Å². The fraction of sp³-hybridized carbons (Fsp3) is 0.200. The smallest absolute Gasteiger partial charge is 0.332 e. The van der Waals surface area contributed by atoms with Crippen LogP contribution in [0, 0.1) is 0 Å². The van der Waals surface area contributed by atoms with Gasteiger partial charge in [0.15, 0.2) is 9.84 Å². The zero-order valence-corrected chi connectivity index (χ0v) is 16.4. The predicted octanol–water partition coefficient (Wildman–Crippen LogP) is 2.19. The zero-order valence-electron chi connectivity index (χ0n) is 15.6. The van der Waals surface area contributed by atoms with Crippen molar-refractivity contribution < 1.29 is 21.9 Å². The third kappa shape index (κ3) is 5.41. The van der Waals surface area contributed by atoms with Gasteiger partial charge in [0.05, 0.1) is 16.3 Å². The van der Waals surface area contributed by atoms with Gasteiger partial charge in [-0.1, -0.05) is 18.2 Å². The largest absolute Gasteiger partial charge is 0.488 e. The lowest BCUT2D eigenvalue weighted by Crippen LogP contribution is -2.27. The SMILES string of the molecule is O=c1ccn(-c2cccc(CCS(=O)(=O)c3cccc(OCC(F)F)c3)c2)c(=O)[nH]1. The highest BCUT2D eigenvalue weighted by Gasteiger charge is 2.16. The molecular weight excluding hydrogens is 418 g/mol. The molecule has 0 bridgehead atoms. The molecule has 2 aromatic carbocycles. The standard InChI is InChI=1S/C20H18F2N2O5S/c21-18(22)13-29-16-5-2-6-17(12-16)30(27,28)10-8-14-3-1-4-15(11-14)24-9-7-19(25)23-20(24)26/h1-7,9,11-12,18H,8,10,13H2,(H,23,25,26). The molecule has 10 heteroatoms. The second-order valence-corrected chi connectivity index (χ2v) is 8.51. The number of hydrogen-bond donors (Lipinski definition) is 1. The van der Waals surface area contributed by atoms with Crippen molar-refractivity contribution in [3.63, 3.8) is 0 Å². The van der Waals surface area contributed by atoms with Crippen molar-refractivity contribution in [2.24, 2.45) is 0 Å². The molecule has 1 heterocycles. The summed E-state index contributed by atoms with van der Waals surface area (Å²) in [6, 6.07) is 13.3. The van der Waals surface area contributed by atoms with Crippen LogP contribution in [-0.2, 0) is 16.3 Å². The van der Waals surface area contributed by atoms with Crippen LogP contribution < -0.4 is 16.0 Å². The molecular formula is C20H18F2N2O5S. The average Bonchev–Trinajstić information content (AvgIpc) is 2.71. The van der Waals surface area contributed by atoms with E-state index in [2.05, 4.69) is 4.98 Å². The van der Waals surface area contributed by atoms with Crippen LogP contribution in [0.1, 0.15) is 5.56 Å². The number of alkyl halides is 2. The van der Waals surface area contributed by atoms with E-state index in [1.54, 1.807) is 24.3 Å². The summed E-state index contributed by atoms with van der Waals surface area (Å²) in [6.07, 6.45) is -1.16. The van der Waals surface area contributed by atoms with Crippen molar-refractivity contribution >= 4 is 9.84 Å². The van der Waals surface area contributed by atoms with Crippen LogP contribution in [0.3, 0.4) is 0 Å². The topological polar surface area (TPSA) is 98.2 Å². The minimum absolute atomic E-state index is 0.0257. The Morgan fingerprint density at radius 1 is 1.03 bits per heavy atom. The molecule has 0 amide bonds. The van der Waals surface area contributed by atoms with Gasteiger partial charge in [0.1, 0.15) is 12.4 Å². The molecule has 0 aliphatic rings. The average molecular weight is 436 g/mol. The maximum atomic E-state index is 12.6. The summed E-state index contributed by atoms with van der Waals surface area (Å²) < 4.78 is 56.0. The lowest BCUT2D eigenvalue weighted by Gasteiger charge is -2.10. The Morgan fingerprint density at radius 2 is 1.80 bits per heavy atom. The molecule has 0 unspecified atom stereocenters. The molecule has 0 aliphatic carbocycles. The fourth-order valence-electron chi connectivity index (χ4n) is 2.77. The maximum absolute atomic E-state index is 12.6. The first-order valence-corrected chi connectivity index (χ1v) is 10.5. The number of sulfone groups is 1. The number of H-pyrrole nitrogens is 1. The number of aromatic nitrogens is 2. The molecule has 0 aliphatic heterocycles. The van der Waals surface area contributed by atoms with Crippen molar-refractivity contribution in [3.05, 3.63) is 87.2 Å². The monoisotopic (exact) mass is 436 g/mol. The Kier molecular flexibility index (Phi) is 6.46. The van der Waals surface area contributed by atoms with Crippen LogP contribution >= 0.6 is 0 Å². The van der Waals surface area contributed by atoms with Crippen LogP contribution in [0.15, 0.2) is 75.3 Å². The fourth-order valence-corrected chi connectivity index (χ4v) is 4.09. The van der Waals surface area contributed by atoms with E-state index in [0.29, 0.717) is 11.3 Å². The lowest BCUT2D eigenvalue weighted by atomic mass is 10.1. The highest BCUT2D eigenvalue weighted by molar-refractivity contribution is 7.91. The third-order valence-electron chi connectivity index (χ3n) is 4.21. The van der Waals surface area contributed by atoms with Crippen LogP contribution in [0.5, 0.6) is 5.75 Å². The number of aromatic amines is 1. The van der Waals surface area contributed by atoms with Crippen LogP contribution in [0.2, 0.25) is 0 Å². The van der Waals surface area contributed by atoms with Gasteiger partial charge >= 0.3 is 5.69 Å². The highest BCUT2D eigenvalue weighted by atomic mass is 32.2. The van der Waals surface area contributed by atoms with Crippen LogP contribution in [0.25, 0.3) is 5.69 Å². The van der Waals surface area contributed by atoms with Gasteiger partial charge in [0.25, 0.3) is 12.0 Å². The molecule has 30 heavy (non-hydrogen) atoms. The molecule has 0 spiro atoms. The van der Waals surface area contributed by atoms with E-state index < -0.39 is 34.1 Å². The number of rotatable bonds is 8. The van der Waals surface area contributed by atoms with Gasteiger partial charge in [0.2, 0.25) is 0 Å². The van der Waals surface area contributed by atoms with E-state index in [4.69, 9.17) is 4.74 Å². The first kappa shape index (κ1) is 21.4. The number of nitrogens with one attached hydrogen (secondary N) is 1. The Labute approximate surface area is 170 Å². The number of ether oxygens (including phenoxy) is 1. The number of nitrogens with zero attached hydrogens (tertiary/aromatic N) is 1. The maximum Gasteiger partial charge on any atom is 0.332 e. The molecule has 1 N–H and O–H groups in total. The summed E-state index contributed by atoms with van der Waals surface area (Å²) in [5.74, 6) is -0.175. The van der Waals surface area contributed by atoms with E-state index in [1.165, 1.54) is 41.1 Å². The molecule has 0 atom stereocenters. The van der Waals surface area contributed by atoms with Crippen molar-refractivity contribution in [2.75, 3.05) is 12.4 Å². The van der Waals surface area contributed by atoms with Gasteiger partial charge in [0, 0.05) is 12.3 Å². The van der Waals surface area contributed by atoms with E-state index in [-0.39, 0.29) is 22.8 Å². The molecule has 0 saturated carbocycles. The van der Waals surface area contributed by atoms with E-state index in [1.807, 2.05) is 0 Å². The summed E-state index contributed by atoms with van der Waals surface area (Å²) in [5.41, 5.74) is 0.0268. The molecule has 0 saturated heterocycles. The zero-order chi connectivity index (χ0) is 21.7. The molecule has 3 aromatic rings. The first-order chi connectivity index (χ1) is 14.2. The van der Waals surface area contributed by atoms with Crippen molar-refractivity contribution in [3.8, 4) is 11.4 Å². The molecule has 1 aromatic heterocycles. The predicted molar refractivity (Wildman–Crippen MR) is 106 cm³/mol. The summed E-state index contributed by atoms with van der Waals surface area (Å²) in [4.78, 5) is 25.3. The summed E-state index contributed by atoms with van der Waals surface area (Å²) in [5, 5.41) is 0. The number of aryl methyl sites for hydroxylation is 1. The minimum atomic E-state index is -3.69. The first-order valence-electron chi connectivity index (χ1n) is 8.90. The Bertz CT molecular complexity index is 1250. The van der Waals surface area contributed by atoms with Gasteiger partial charge in [-0.3, -0.25) is 14.3 Å². The quantitative estimate of drug-likeness (QED) is 0.584. The number of hydrogen-bond acceptors (Lipinski definition) is 5. The van der Waals surface area contributed by atoms with Crippen molar-refractivity contribution in [1.29, 1.82) is 0 Å². The number of benzene rings is 2. The summed E-state index contributed by atoms with van der Waals surface area (Å²) in [7, 11) is -3.69. The van der Waals surface area contributed by atoms with Crippen LogP contribution in [-0.4, -0.2) is 36.8 Å². The second-order valence-electron chi connectivity index (χ2n) is 6.40. The van der Waals surface area contributed by atoms with E-state index >= 15 is 0 Å². The van der Waals surface area contributed by atoms with Gasteiger partial charge in [-0.05, 0) is 42.3 Å². The molecule has 7 nitrogen and oxygen atoms in total. The Hall–Kier alpha value is -3.27. The highest BCUT2D eigenvalue weighted by Crippen LogP contribution is 2.20. The Balaban J connectivity index is 1.76. The second kappa shape index (κ2) is 9.04. The summed E-state index contributed by atoms with van der Waals surface area (Å²) in [6.45, 7) is -0.819. The molecule has 0 radical (unpaired) electrons. The van der Waals surface area contributed by atoms with E-state index in [9.17, 15) is 26.8 Å². The number of halogens is 2. The van der Waals surface area contributed by atoms with Gasteiger partial charge < -0.3 is 4.74 Å². The van der Waals surface area contributed by atoms with Crippen molar-refractivity contribution in [2.45, 2.75) is 17.7 Å². The third-order valence-corrected chi connectivity index (χ3v) is 5.93. The molecule has 3 rings (SSSR count). The van der Waals surface area contributed by atoms with Crippen molar-refractivity contribution in [1.82, 2.24) is 9.55 Å². The minimum Gasteiger partial charge on any atom is -0.488 e. The van der Waals surface area contributed by atoms with E-state index in [0.717, 1.165) is 0 Å². The molecule has 158 valence electrons. The van der Waals surface area contributed by atoms with Crippen LogP contribution in [0.4, 0.5) is 8.78 Å². The summed E-state index contributed by atoms with van der Waals surface area (Å²) >= 11 is 0. The normalized spacial score (nSPS) is 11.6. The Morgan fingerprint density at radius 3 is 2.53 bits per heavy atom. The van der Waals surface area contributed by atoms with Gasteiger partial charge in [-0.2, -0.15) is 0 Å². The lowest BCUT2D eigenvalue weighted by molar-refractivity contribution is 0.0818. The van der Waals surface area contributed by atoms with Gasteiger partial charge in [-0.15, -0.1) is 0 Å².